The van der Waals surface area contributed by atoms with Crippen LogP contribution in [0.4, 0.5) is 17.3 Å². The molecule has 9 nitrogen and oxygen atoms in total. The largest absolute Gasteiger partial charge is 0.374 e. The van der Waals surface area contributed by atoms with Crippen LogP contribution in [-0.2, 0) is 0 Å². The molecule has 37 heavy (non-hydrogen) atoms. The van der Waals surface area contributed by atoms with Gasteiger partial charge in [-0.1, -0.05) is 18.6 Å². The smallest absolute Gasteiger partial charge is 0.256 e. The van der Waals surface area contributed by atoms with Crippen molar-refractivity contribution in [3.05, 3.63) is 47.2 Å². The molecule has 2 atom stereocenters. The summed E-state index contributed by atoms with van der Waals surface area (Å²) in [5, 5.41) is 5.03. The highest BCUT2D eigenvalue weighted by Gasteiger charge is 2.28. The van der Waals surface area contributed by atoms with Crippen molar-refractivity contribution >= 4 is 28.9 Å². The first kappa shape index (κ1) is 25.3. The normalized spacial score (nSPS) is 21.5. The Morgan fingerprint density at radius 2 is 1.78 bits per heavy atom. The van der Waals surface area contributed by atoms with Gasteiger partial charge in [0.05, 0.1) is 17.3 Å². The molecule has 5 rings (SSSR count). The molecule has 4 heterocycles. The minimum Gasteiger partial charge on any atom is -0.374 e. The first-order valence-corrected chi connectivity index (χ1v) is 13.5. The van der Waals surface area contributed by atoms with Gasteiger partial charge in [-0.05, 0) is 44.7 Å². The van der Waals surface area contributed by atoms with Crippen LogP contribution in [0.3, 0.4) is 0 Å². The number of anilines is 3. The number of carbonyl (C=O) groups excluding carboxylic acids is 1. The number of carbonyl (C=O) groups is 1. The first-order valence-electron chi connectivity index (χ1n) is 13.5. The Morgan fingerprint density at radius 3 is 2.49 bits per heavy atom. The lowest BCUT2D eigenvalue weighted by molar-refractivity contribution is 0.0723. The monoisotopic (exact) mass is 504 g/mol. The fraction of sp³-hybridized carbons (Fsp3) is 0.536. The summed E-state index contributed by atoms with van der Waals surface area (Å²) >= 11 is 0. The Labute approximate surface area is 219 Å². The number of fused-ring (bicyclic) bond motifs is 2. The lowest BCUT2D eigenvalue weighted by atomic mass is 10.0. The van der Waals surface area contributed by atoms with E-state index in [0.717, 1.165) is 91.7 Å². The molecule has 1 unspecified atom stereocenters. The fourth-order valence-electron chi connectivity index (χ4n) is 5.66. The van der Waals surface area contributed by atoms with Crippen molar-refractivity contribution in [2.24, 2.45) is 5.73 Å². The van der Waals surface area contributed by atoms with Crippen LogP contribution in [0.5, 0.6) is 0 Å². The number of hydrogen-bond donors (Lipinski definition) is 1. The molecule has 2 bridgehead atoms. The second-order valence-electron chi connectivity index (χ2n) is 10.7. The van der Waals surface area contributed by atoms with E-state index < -0.39 is 0 Å². The molecule has 3 aromatic rings. The maximum Gasteiger partial charge on any atom is 0.256 e. The summed E-state index contributed by atoms with van der Waals surface area (Å²) in [5.41, 5.74) is 10.7. The second-order valence-corrected chi connectivity index (χ2v) is 10.7. The van der Waals surface area contributed by atoms with E-state index in [1.807, 2.05) is 35.5 Å². The van der Waals surface area contributed by atoms with E-state index in [1.54, 1.807) is 0 Å². The van der Waals surface area contributed by atoms with Gasteiger partial charge in [-0.15, -0.1) is 0 Å². The van der Waals surface area contributed by atoms with Crippen LogP contribution in [0.25, 0.3) is 5.65 Å². The number of rotatable bonds is 2. The quantitative estimate of drug-likeness (QED) is 0.572. The maximum absolute atomic E-state index is 13.9. The summed E-state index contributed by atoms with van der Waals surface area (Å²) in [6.45, 7) is 7.65. The number of hydrogen-bond acceptors (Lipinski definition) is 7. The molecule has 2 aliphatic heterocycles. The highest BCUT2D eigenvalue weighted by Crippen LogP contribution is 2.31. The lowest BCUT2D eigenvalue weighted by Gasteiger charge is -2.29. The molecule has 1 amide bonds. The van der Waals surface area contributed by atoms with E-state index >= 15 is 0 Å². The standard InChI is InChI=1S/C28H40N8O/c1-6-23-22-16-26-30-25(35-14-11-20(29)18-35)17-27(36(26)31-22)33(4)13-8-7-12-32(3)24-10-9-19(2)15-21(24)28(37)34(23)5/h9-10,15-17,20,23H,6-8,11-14,18,29H2,1-5H3/t20-,23?/m0/s1. The average molecular weight is 505 g/mol. The third kappa shape index (κ3) is 4.84. The maximum atomic E-state index is 13.9. The predicted octanol–water partition coefficient (Wildman–Crippen LogP) is 3.46. The van der Waals surface area contributed by atoms with Crippen LogP contribution in [-0.4, -0.2) is 78.8 Å². The van der Waals surface area contributed by atoms with Crippen LogP contribution in [0, 0.1) is 6.92 Å². The SMILES string of the molecule is CCC1c2cc3nc(N4CC[C@H](N)C4)cc(n3n2)N(C)CCCCN(C)c2ccc(C)cc2C(=O)N1C. The van der Waals surface area contributed by atoms with Crippen molar-refractivity contribution in [2.75, 3.05) is 62.0 Å². The average Bonchev–Trinajstić information content (AvgIpc) is 3.51. The van der Waals surface area contributed by atoms with E-state index in [2.05, 4.69) is 53.9 Å². The third-order valence-electron chi connectivity index (χ3n) is 7.90. The van der Waals surface area contributed by atoms with Crippen LogP contribution in [0.2, 0.25) is 0 Å². The van der Waals surface area contributed by atoms with E-state index in [4.69, 9.17) is 15.8 Å². The van der Waals surface area contributed by atoms with Gasteiger partial charge in [-0.3, -0.25) is 4.79 Å². The van der Waals surface area contributed by atoms with Gasteiger partial charge in [0.1, 0.15) is 11.6 Å². The van der Waals surface area contributed by atoms with Crippen LogP contribution in [0.1, 0.15) is 60.3 Å². The zero-order valence-corrected chi connectivity index (χ0v) is 22.8. The van der Waals surface area contributed by atoms with Crippen LogP contribution >= 0.6 is 0 Å². The molecule has 2 aromatic heterocycles. The summed E-state index contributed by atoms with van der Waals surface area (Å²) < 4.78 is 1.94. The highest BCUT2D eigenvalue weighted by atomic mass is 16.2. The molecule has 9 heteroatoms. The number of nitrogens with zero attached hydrogens (tertiary/aromatic N) is 7. The van der Waals surface area contributed by atoms with E-state index in [1.165, 1.54) is 0 Å². The molecule has 1 aromatic carbocycles. The summed E-state index contributed by atoms with van der Waals surface area (Å²) in [4.78, 5) is 27.5. The number of amides is 1. The molecule has 0 aliphatic carbocycles. The van der Waals surface area contributed by atoms with Crippen molar-refractivity contribution in [3.63, 3.8) is 0 Å². The van der Waals surface area contributed by atoms with Gasteiger partial charge in [0.15, 0.2) is 5.65 Å². The lowest BCUT2D eigenvalue weighted by Crippen LogP contribution is -2.33. The van der Waals surface area contributed by atoms with Gasteiger partial charge in [-0.25, -0.2) is 4.98 Å². The zero-order chi connectivity index (χ0) is 26.3. The Morgan fingerprint density at radius 1 is 1.03 bits per heavy atom. The van der Waals surface area contributed by atoms with Crippen LogP contribution in [0.15, 0.2) is 30.3 Å². The minimum atomic E-state index is -0.167. The molecular weight excluding hydrogens is 464 g/mol. The Kier molecular flexibility index (Phi) is 6.98. The minimum absolute atomic E-state index is 0.0152. The molecule has 2 N–H and O–H groups in total. The molecule has 1 fully saturated rings. The van der Waals surface area contributed by atoms with E-state index in [0.29, 0.717) is 0 Å². The molecule has 0 spiro atoms. The summed E-state index contributed by atoms with van der Waals surface area (Å²) in [6.07, 6.45) is 3.77. The number of aryl methyl sites for hydroxylation is 1. The van der Waals surface area contributed by atoms with Gasteiger partial charge >= 0.3 is 0 Å². The van der Waals surface area contributed by atoms with E-state index in [-0.39, 0.29) is 18.0 Å². The Balaban J connectivity index is 1.62. The van der Waals surface area contributed by atoms with Crippen molar-refractivity contribution in [2.45, 2.75) is 51.6 Å². The summed E-state index contributed by atoms with van der Waals surface area (Å²) in [7, 11) is 6.10. The van der Waals surface area contributed by atoms with E-state index in [9.17, 15) is 4.79 Å². The first-order chi connectivity index (χ1) is 17.8. The van der Waals surface area contributed by atoms with Crippen molar-refractivity contribution in [1.82, 2.24) is 19.5 Å². The Bertz CT molecular complexity index is 1290. The van der Waals surface area contributed by atoms with Crippen molar-refractivity contribution < 1.29 is 4.79 Å². The van der Waals surface area contributed by atoms with Crippen LogP contribution < -0.4 is 20.4 Å². The summed E-state index contributed by atoms with van der Waals surface area (Å²) in [6, 6.07) is 10.4. The molecule has 1 saturated heterocycles. The van der Waals surface area contributed by atoms with Gasteiger partial charge in [0.2, 0.25) is 0 Å². The second kappa shape index (κ2) is 10.2. The predicted molar refractivity (Wildman–Crippen MR) is 150 cm³/mol. The van der Waals surface area contributed by atoms with Gasteiger partial charge in [0.25, 0.3) is 5.91 Å². The number of nitrogens with two attached hydrogens (primary N) is 1. The summed E-state index contributed by atoms with van der Waals surface area (Å²) in [5.74, 6) is 1.97. The van der Waals surface area contributed by atoms with Gasteiger partial charge in [-0.2, -0.15) is 9.61 Å². The molecule has 0 saturated carbocycles. The Hall–Kier alpha value is -3.33. The molecule has 198 valence electrons. The van der Waals surface area contributed by atoms with Crippen molar-refractivity contribution in [1.29, 1.82) is 0 Å². The highest BCUT2D eigenvalue weighted by molar-refractivity contribution is 6.00. The molecular formula is C28H40N8O. The van der Waals surface area contributed by atoms with Gasteiger partial charge < -0.3 is 25.3 Å². The molecule has 0 radical (unpaired) electrons. The fourth-order valence-corrected chi connectivity index (χ4v) is 5.66. The third-order valence-corrected chi connectivity index (χ3v) is 7.90. The zero-order valence-electron chi connectivity index (χ0n) is 22.8. The number of benzene rings is 1. The topological polar surface area (TPSA) is 86.2 Å². The van der Waals surface area contributed by atoms with Gasteiger partial charge in [0, 0.05) is 71.2 Å². The number of aromatic nitrogens is 3. The molecule has 2 aliphatic rings. The van der Waals surface area contributed by atoms with Crippen molar-refractivity contribution in [3.8, 4) is 0 Å².